The minimum atomic E-state index is -0.430. The molecule has 3 rings (SSSR count). The maximum atomic E-state index is 13.2. The van der Waals surface area contributed by atoms with E-state index in [1.54, 1.807) is 24.3 Å². The minimum Gasteiger partial charge on any atom is -0.347 e. The molecule has 1 N–H and O–H groups in total. The first kappa shape index (κ1) is 17.3. The van der Waals surface area contributed by atoms with Gasteiger partial charge < -0.3 is 5.32 Å². The highest BCUT2D eigenvalue weighted by molar-refractivity contribution is 5.97. The summed E-state index contributed by atoms with van der Waals surface area (Å²) in [5.41, 5.74) is 1.14. The molecule has 2 aromatic carbocycles. The molecular formula is C21H22FNO2. The van der Waals surface area contributed by atoms with Crippen LogP contribution in [0.15, 0.2) is 54.6 Å². The smallest absolute Gasteiger partial charge is 0.221 e. The van der Waals surface area contributed by atoms with Gasteiger partial charge in [-0.25, -0.2) is 4.39 Å². The molecule has 0 spiro atoms. The van der Waals surface area contributed by atoms with E-state index >= 15 is 0 Å². The maximum Gasteiger partial charge on any atom is 0.221 e. The van der Waals surface area contributed by atoms with E-state index in [0.717, 1.165) is 31.2 Å². The van der Waals surface area contributed by atoms with Gasteiger partial charge in [0.05, 0.1) is 5.54 Å². The van der Waals surface area contributed by atoms with E-state index in [-0.39, 0.29) is 30.3 Å². The van der Waals surface area contributed by atoms with Crippen LogP contribution < -0.4 is 5.32 Å². The van der Waals surface area contributed by atoms with Crippen molar-refractivity contribution in [3.8, 4) is 0 Å². The Morgan fingerprint density at radius 1 is 0.920 bits per heavy atom. The highest BCUT2D eigenvalue weighted by Crippen LogP contribution is 2.38. The minimum absolute atomic E-state index is 0.0296. The molecule has 1 aliphatic rings. The Kier molecular flexibility index (Phi) is 5.27. The summed E-state index contributed by atoms with van der Waals surface area (Å²) in [7, 11) is 0. The summed E-state index contributed by atoms with van der Waals surface area (Å²) >= 11 is 0. The Bertz CT molecular complexity index is 734. The van der Waals surface area contributed by atoms with Gasteiger partial charge in [0.2, 0.25) is 5.91 Å². The molecule has 1 saturated carbocycles. The number of halogens is 1. The van der Waals surface area contributed by atoms with Gasteiger partial charge in [0.25, 0.3) is 0 Å². The van der Waals surface area contributed by atoms with Crippen LogP contribution in [-0.2, 0) is 10.3 Å². The topological polar surface area (TPSA) is 46.2 Å². The van der Waals surface area contributed by atoms with Gasteiger partial charge in [-0.3, -0.25) is 9.59 Å². The van der Waals surface area contributed by atoms with Crippen LogP contribution in [0.2, 0.25) is 0 Å². The summed E-state index contributed by atoms with van der Waals surface area (Å²) < 4.78 is 13.2. The van der Waals surface area contributed by atoms with Gasteiger partial charge in [-0.15, -0.1) is 0 Å². The molecule has 0 bridgehead atoms. The molecule has 0 heterocycles. The molecule has 0 radical (unpaired) electrons. The number of amides is 1. The van der Waals surface area contributed by atoms with Crippen molar-refractivity contribution in [2.75, 3.05) is 0 Å². The number of ketones is 1. The molecule has 2 aromatic rings. The van der Waals surface area contributed by atoms with Crippen LogP contribution in [0, 0.1) is 5.82 Å². The number of nitrogens with one attached hydrogen (secondary N) is 1. The highest BCUT2D eigenvalue weighted by atomic mass is 19.1. The second-order valence-corrected chi connectivity index (χ2v) is 6.63. The Morgan fingerprint density at radius 2 is 1.56 bits per heavy atom. The Hall–Kier alpha value is -2.49. The summed E-state index contributed by atoms with van der Waals surface area (Å²) in [6.45, 7) is 0. The molecule has 0 aromatic heterocycles. The summed E-state index contributed by atoms with van der Waals surface area (Å²) in [6, 6.07) is 15.4. The third-order valence-corrected chi connectivity index (χ3v) is 4.91. The lowest BCUT2D eigenvalue weighted by molar-refractivity contribution is -0.123. The molecule has 1 fully saturated rings. The zero-order valence-electron chi connectivity index (χ0n) is 14.1. The monoisotopic (exact) mass is 339 g/mol. The van der Waals surface area contributed by atoms with E-state index in [0.29, 0.717) is 5.56 Å². The fraction of sp³-hybridized carbons (Fsp3) is 0.333. The molecule has 4 heteroatoms. The van der Waals surface area contributed by atoms with E-state index in [2.05, 4.69) is 5.32 Å². The molecule has 0 unspecified atom stereocenters. The fourth-order valence-electron chi connectivity index (χ4n) is 3.56. The second-order valence-electron chi connectivity index (χ2n) is 6.63. The van der Waals surface area contributed by atoms with Gasteiger partial charge in [-0.05, 0) is 30.5 Å². The number of carbonyl (C=O) groups excluding carboxylic acids is 2. The number of carbonyl (C=O) groups is 2. The van der Waals surface area contributed by atoms with Crippen molar-refractivity contribution in [2.24, 2.45) is 0 Å². The Morgan fingerprint density at radius 3 is 2.20 bits per heavy atom. The quantitative estimate of drug-likeness (QED) is 0.794. The van der Waals surface area contributed by atoms with Crippen LogP contribution in [0.3, 0.4) is 0 Å². The SMILES string of the molecule is O=C(CCC(=O)c1ccccc1)NC1(c2ccc(F)cc2)CCCC1. The molecule has 1 amide bonds. The second kappa shape index (κ2) is 7.60. The zero-order chi connectivity index (χ0) is 17.7. The predicted molar refractivity (Wildman–Crippen MR) is 94.7 cm³/mol. The lowest BCUT2D eigenvalue weighted by Crippen LogP contribution is -2.43. The number of Topliss-reactive ketones (excluding diaryl/α,β-unsaturated/α-hetero) is 1. The first-order chi connectivity index (χ1) is 12.1. The predicted octanol–water partition coefficient (Wildman–Crippen LogP) is 4.37. The van der Waals surface area contributed by atoms with Gasteiger partial charge >= 0.3 is 0 Å². The van der Waals surface area contributed by atoms with Crippen LogP contribution in [0.25, 0.3) is 0 Å². The lowest BCUT2D eigenvalue weighted by Gasteiger charge is -2.31. The molecule has 0 saturated heterocycles. The first-order valence-electron chi connectivity index (χ1n) is 8.74. The van der Waals surface area contributed by atoms with Crippen molar-refractivity contribution in [2.45, 2.75) is 44.1 Å². The van der Waals surface area contributed by atoms with Gasteiger partial charge in [0.1, 0.15) is 5.82 Å². The van der Waals surface area contributed by atoms with Crippen molar-refractivity contribution in [1.82, 2.24) is 5.32 Å². The first-order valence-corrected chi connectivity index (χ1v) is 8.74. The van der Waals surface area contributed by atoms with E-state index in [1.807, 2.05) is 18.2 Å². The summed E-state index contributed by atoms with van der Waals surface area (Å²) in [4.78, 5) is 24.6. The van der Waals surface area contributed by atoms with Crippen LogP contribution in [0.5, 0.6) is 0 Å². The van der Waals surface area contributed by atoms with Crippen molar-refractivity contribution >= 4 is 11.7 Å². The molecule has 0 aliphatic heterocycles. The third-order valence-electron chi connectivity index (χ3n) is 4.91. The molecule has 1 aliphatic carbocycles. The largest absolute Gasteiger partial charge is 0.347 e. The number of hydrogen-bond donors (Lipinski definition) is 1. The standard InChI is InChI=1S/C21H22FNO2/c22-18-10-8-17(9-11-18)21(14-4-5-15-21)23-20(25)13-12-19(24)16-6-2-1-3-7-16/h1-3,6-11H,4-5,12-15H2,(H,23,25). The van der Waals surface area contributed by atoms with Crippen molar-refractivity contribution < 1.29 is 14.0 Å². The van der Waals surface area contributed by atoms with Crippen LogP contribution in [0.1, 0.15) is 54.4 Å². The fourth-order valence-corrected chi connectivity index (χ4v) is 3.56. The number of benzene rings is 2. The summed E-state index contributed by atoms with van der Waals surface area (Å²) in [5, 5.41) is 3.12. The van der Waals surface area contributed by atoms with Crippen LogP contribution in [0.4, 0.5) is 4.39 Å². The van der Waals surface area contributed by atoms with Gasteiger partial charge in [0.15, 0.2) is 5.78 Å². The van der Waals surface area contributed by atoms with Crippen molar-refractivity contribution in [3.63, 3.8) is 0 Å². The Balaban J connectivity index is 1.63. The molecule has 25 heavy (non-hydrogen) atoms. The highest BCUT2D eigenvalue weighted by Gasteiger charge is 2.36. The molecular weight excluding hydrogens is 317 g/mol. The zero-order valence-corrected chi connectivity index (χ0v) is 14.1. The van der Waals surface area contributed by atoms with E-state index in [4.69, 9.17) is 0 Å². The van der Waals surface area contributed by atoms with E-state index < -0.39 is 5.54 Å². The number of rotatable bonds is 6. The van der Waals surface area contributed by atoms with Crippen molar-refractivity contribution in [3.05, 3.63) is 71.5 Å². The van der Waals surface area contributed by atoms with E-state index in [9.17, 15) is 14.0 Å². The summed E-state index contributed by atoms with van der Waals surface area (Å²) in [5.74, 6) is -0.440. The van der Waals surface area contributed by atoms with E-state index in [1.165, 1.54) is 12.1 Å². The van der Waals surface area contributed by atoms with Crippen LogP contribution in [-0.4, -0.2) is 11.7 Å². The Labute approximate surface area is 147 Å². The van der Waals surface area contributed by atoms with Gasteiger partial charge in [-0.1, -0.05) is 55.3 Å². The normalized spacial score (nSPS) is 15.7. The third kappa shape index (κ3) is 4.13. The average molecular weight is 339 g/mol. The summed E-state index contributed by atoms with van der Waals surface area (Å²) in [6.07, 6.45) is 4.10. The number of hydrogen-bond acceptors (Lipinski definition) is 2. The molecule has 3 nitrogen and oxygen atoms in total. The maximum absolute atomic E-state index is 13.2. The van der Waals surface area contributed by atoms with Gasteiger partial charge in [-0.2, -0.15) is 0 Å². The molecule has 0 atom stereocenters. The van der Waals surface area contributed by atoms with Crippen LogP contribution >= 0.6 is 0 Å². The average Bonchev–Trinajstić information content (AvgIpc) is 3.10. The van der Waals surface area contributed by atoms with Crippen molar-refractivity contribution in [1.29, 1.82) is 0 Å². The molecule has 130 valence electrons. The van der Waals surface area contributed by atoms with Gasteiger partial charge in [0, 0.05) is 18.4 Å². The lowest BCUT2D eigenvalue weighted by atomic mass is 9.88.